The van der Waals surface area contributed by atoms with E-state index in [-0.39, 0.29) is 10.6 Å². The van der Waals surface area contributed by atoms with E-state index in [0.717, 1.165) is 4.90 Å². The van der Waals surface area contributed by atoms with E-state index >= 15 is 0 Å². The van der Waals surface area contributed by atoms with Gasteiger partial charge in [0.25, 0.3) is 0 Å². The van der Waals surface area contributed by atoms with Gasteiger partial charge in [-0.3, -0.25) is 0 Å². The van der Waals surface area contributed by atoms with Gasteiger partial charge >= 0.3 is 6.03 Å². The number of halogens is 1. The smallest absolute Gasteiger partial charge is 0.454 e. The number of hydrogen-bond acceptors (Lipinski definition) is 3. The molecule has 0 spiro atoms. The normalized spacial score (nSPS) is 18.8. The molecule has 0 fully saturated rings. The predicted molar refractivity (Wildman–Crippen MR) is 58.9 cm³/mol. The lowest BCUT2D eigenvalue weighted by Crippen LogP contribution is -2.46. The van der Waals surface area contributed by atoms with Crippen LogP contribution >= 0.6 is 11.6 Å². The number of hydrogen-bond donors (Lipinski definition) is 0. The maximum absolute atomic E-state index is 11.9. The van der Waals surface area contributed by atoms with Gasteiger partial charge in [0.2, 0.25) is 0 Å². The summed E-state index contributed by atoms with van der Waals surface area (Å²) in [4.78, 5) is 12.9. The zero-order chi connectivity index (χ0) is 11.9. The number of nitrogens with zero attached hydrogens (tertiary/aromatic N) is 3. The molecule has 1 aromatic rings. The van der Waals surface area contributed by atoms with Crippen LogP contribution in [0.2, 0.25) is 5.02 Å². The third kappa shape index (κ3) is 1.64. The number of anilines is 1. The third-order valence-corrected chi connectivity index (χ3v) is 2.52. The summed E-state index contributed by atoms with van der Waals surface area (Å²) in [5.74, 6) is 0. The third-order valence-electron chi connectivity index (χ3n) is 2.27. The number of benzene rings is 1. The summed E-state index contributed by atoms with van der Waals surface area (Å²) in [5, 5.41) is 15.8. The quantitative estimate of drug-likeness (QED) is 0.687. The van der Waals surface area contributed by atoms with Gasteiger partial charge in [0.05, 0.1) is 5.69 Å². The number of amidine groups is 1. The van der Waals surface area contributed by atoms with Crippen LogP contribution in [0.3, 0.4) is 0 Å². The van der Waals surface area contributed by atoms with E-state index in [2.05, 4.69) is 5.10 Å². The van der Waals surface area contributed by atoms with Crippen LogP contribution in [0.25, 0.3) is 0 Å². The highest BCUT2D eigenvalue weighted by Gasteiger charge is 2.40. The van der Waals surface area contributed by atoms with Crippen molar-refractivity contribution in [3.63, 3.8) is 0 Å². The highest BCUT2D eigenvalue weighted by atomic mass is 35.5. The molecular weight excluding hydrogens is 230 g/mol. The van der Waals surface area contributed by atoms with Gasteiger partial charge < -0.3 is 5.11 Å². The summed E-state index contributed by atoms with van der Waals surface area (Å²) < 4.78 is -0.318. The van der Waals surface area contributed by atoms with Crippen LogP contribution in [-0.2, 0) is 0 Å². The molecule has 0 N–H and O–H groups in total. The fourth-order valence-electron chi connectivity index (χ4n) is 1.44. The van der Waals surface area contributed by atoms with Gasteiger partial charge in [0, 0.05) is 5.02 Å². The van der Waals surface area contributed by atoms with Gasteiger partial charge in [-0.25, -0.2) is 9.69 Å². The molecule has 1 aliphatic heterocycles. The molecule has 0 aliphatic carbocycles. The Bertz CT molecular complexity index is 467. The van der Waals surface area contributed by atoms with E-state index in [4.69, 9.17) is 11.6 Å². The highest BCUT2D eigenvalue weighted by Crippen LogP contribution is 2.24. The van der Waals surface area contributed by atoms with E-state index in [1.54, 1.807) is 38.4 Å². The molecule has 1 aromatic carbocycles. The zero-order valence-corrected chi connectivity index (χ0v) is 9.60. The molecule has 5 nitrogen and oxygen atoms in total. The summed E-state index contributed by atoms with van der Waals surface area (Å²) in [6.07, 6.45) is 0. The molecule has 6 heteroatoms. The van der Waals surface area contributed by atoms with Crippen LogP contribution in [-0.4, -0.2) is 30.7 Å². The van der Waals surface area contributed by atoms with Crippen molar-refractivity contribution < 1.29 is 14.5 Å². The first-order valence-electron chi connectivity index (χ1n) is 4.63. The number of carbonyl (C=O) groups excluding carboxylic acids is 1. The molecule has 1 heterocycles. The molecule has 0 atom stereocenters. The average molecular weight is 240 g/mol. The second kappa shape index (κ2) is 3.47. The van der Waals surface area contributed by atoms with Crippen LogP contribution in [0, 0.1) is 0 Å². The second-order valence-electron chi connectivity index (χ2n) is 3.87. The Morgan fingerprint density at radius 3 is 2.31 bits per heavy atom. The van der Waals surface area contributed by atoms with Crippen molar-refractivity contribution in [2.75, 3.05) is 19.0 Å². The SMILES string of the molecule is C[N+]1(C)N=C([O-])N(c2ccc(Cl)cc2)C1=O. The van der Waals surface area contributed by atoms with Crippen LogP contribution < -0.4 is 10.0 Å². The predicted octanol–water partition coefficient (Wildman–Crippen LogP) is 0.988. The first-order chi connectivity index (χ1) is 7.42. The van der Waals surface area contributed by atoms with Crippen molar-refractivity contribution in [2.45, 2.75) is 0 Å². The molecule has 0 bridgehead atoms. The van der Waals surface area contributed by atoms with Crippen molar-refractivity contribution in [3.05, 3.63) is 29.3 Å². The number of rotatable bonds is 1. The molecule has 0 unspecified atom stereocenters. The van der Waals surface area contributed by atoms with Gasteiger partial charge in [0.15, 0.2) is 0 Å². The summed E-state index contributed by atoms with van der Waals surface area (Å²) in [7, 11) is 3.10. The molecule has 2 rings (SSSR count). The largest absolute Gasteiger partial charge is 0.842 e. The van der Waals surface area contributed by atoms with Crippen molar-refractivity contribution in [2.24, 2.45) is 5.10 Å². The van der Waals surface area contributed by atoms with E-state index in [0.29, 0.717) is 10.7 Å². The van der Waals surface area contributed by atoms with Crippen LogP contribution in [0.5, 0.6) is 0 Å². The standard InChI is InChI=1S/C10H10ClN3O2/c1-14(2)10(16)13(9(15)12-14)8-5-3-7(11)4-6-8/h3-6H,1-2H3. The van der Waals surface area contributed by atoms with E-state index in [9.17, 15) is 9.90 Å². The average Bonchev–Trinajstić information content (AvgIpc) is 2.39. The molecule has 0 aromatic heterocycles. The Morgan fingerprint density at radius 2 is 1.88 bits per heavy atom. The second-order valence-corrected chi connectivity index (χ2v) is 4.31. The number of urea groups is 1. The molecule has 0 radical (unpaired) electrons. The number of carbonyl (C=O) groups is 1. The van der Waals surface area contributed by atoms with Crippen LogP contribution in [0.4, 0.5) is 10.5 Å². The van der Waals surface area contributed by atoms with Gasteiger partial charge in [0.1, 0.15) is 20.1 Å². The van der Waals surface area contributed by atoms with Crippen molar-refractivity contribution in [1.82, 2.24) is 0 Å². The molecule has 2 amide bonds. The summed E-state index contributed by atoms with van der Waals surface area (Å²) >= 11 is 5.73. The first kappa shape index (κ1) is 10.9. The molecule has 0 saturated carbocycles. The summed E-state index contributed by atoms with van der Waals surface area (Å²) in [5.41, 5.74) is 0.479. The molecule has 0 saturated heterocycles. The molecule has 1 aliphatic rings. The topological polar surface area (TPSA) is 55.7 Å². The lowest BCUT2D eigenvalue weighted by molar-refractivity contribution is -0.811. The molecule has 16 heavy (non-hydrogen) atoms. The minimum atomic E-state index is -0.558. The van der Waals surface area contributed by atoms with Crippen molar-refractivity contribution in [3.8, 4) is 0 Å². The van der Waals surface area contributed by atoms with Crippen molar-refractivity contribution in [1.29, 1.82) is 0 Å². The van der Waals surface area contributed by atoms with E-state index in [1.807, 2.05) is 0 Å². The Labute approximate surface area is 97.7 Å². The lowest BCUT2D eigenvalue weighted by Gasteiger charge is -2.19. The zero-order valence-electron chi connectivity index (χ0n) is 8.85. The number of amides is 2. The Balaban J connectivity index is 2.40. The van der Waals surface area contributed by atoms with E-state index < -0.39 is 6.02 Å². The van der Waals surface area contributed by atoms with Crippen LogP contribution in [0.1, 0.15) is 0 Å². The van der Waals surface area contributed by atoms with Gasteiger partial charge in [-0.2, -0.15) is 0 Å². The summed E-state index contributed by atoms with van der Waals surface area (Å²) in [6, 6.07) is 5.52. The lowest BCUT2D eigenvalue weighted by atomic mass is 10.3. The molecule has 84 valence electrons. The minimum absolute atomic E-state index is 0.318. The highest BCUT2D eigenvalue weighted by molar-refractivity contribution is 6.30. The Kier molecular flexibility index (Phi) is 2.36. The maximum Gasteiger partial charge on any atom is 0.454 e. The first-order valence-corrected chi connectivity index (χ1v) is 5.01. The summed E-state index contributed by atoms with van der Waals surface area (Å²) in [6.45, 7) is 0. The molecular formula is C10H10ClN3O2. The fourth-order valence-corrected chi connectivity index (χ4v) is 1.56. The minimum Gasteiger partial charge on any atom is -0.842 e. The van der Waals surface area contributed by atoms with E-state index in [1.165, 1.54) is 0 Å². The van der Waals surface area contributed by atoms with Gasteiger partial charge in [-0.05, 0) is 24.3 Å². The van der Waals surface area contributed by atoms with Gasteiger partial charge in [-0.1, -0.05) is 16.7 Å². The van der Waals surface area contributed by atoms with Crippen LogP contribution in [0.15, 0.2) is 29.4 Å². The Morgan fingerprint density at radius 1 is 1.31 bits per heavy atom. The van der Waals surface area contributed by atoms with Gasteiger partial charge in [-0.15, -0.1) is 4.59 Å². The Hall–Kier alpha value is -1.59. The monoisotopic (exact) mass is 239 g/mol. The van der Waals surface area contributed by atoms with Crippen molar-refractivity contribution >= 4 is 29.3 Å². The number of quaternary nitrogens is 1. The maximum atomic E-state index is 11.9. The fraction of sp³-hybridized carbons (Fsp3) is 0.200.